The number of amides is 1. The highest BCUT2D eigenvalue weighted by Gasteiger charge is 2.39. The van der Waals surface area contributed by atoms with Crippen molar-refractivity contribution in [3.63, 3.8) is 0 Å². The van der Waals surface area contributed by atoms with Gasteiger partial charge in [0.05, 0.1) is 11.1 Å². The number of aromatic nitrogens is 2. The quantitative estimate of drug-likeness (QED) is 0.290. The number of H-pyrrole nitrogens is 1. The Morgan fingerprint density at radius 3 is 2.66 bits per heavy atom. The van der Waals surface area contributed by atoms with Crippen LogP contribution in [0, 0.1) is 11.8 Å². The molecule has 3 saturated carbocycles. The zero-order valence-electron chi connectivity index (χ0n) is 20.5. The number of carbonyl (C=O) groups is 1. The molecule has 7 rings (SSSR count). The molecule has 0 radical (unpaired) electrons. The van der Waals surface area contributed by atoms with E-state index < -0.39 is 11.7 Å². The van der Waals surface area contributed by atoms with Crippen LogP contribution in [0.1, 0.15) is 47.2 Å². The highest BCUT2D eigenvalue weighted by atomic mass is 19.4. The lowest BCUT2D eigenvalue weighted by Gasteiger charge is -2.44. The number of rotatable bonds is 5. The summed E-state index contributed by atoms with van der Waals surface area (Å²) in [5.74, 6) is 1.61. The molecule has 3 fully saturated rings. The van der Waals surface area contributed by atoms with Gasteiger partial charge in [0, 0.05) is 23.8 Å². The third-order valence-corrected chi connectivity index (χ3v) is 7.62. The van der Waals surface area contributed by atoms with Crippen molar-refractivity contribution in [2.45, 2.75) is 37.9 Å². The predicted molar refractivity (Wildman–Crippen MR) is 139 cm³/mol. The van der Waals surface area contributed by atoms with Gasteiger partial charge >= 0.3 is 6.18 Å². The number of nitrogens with one attached hydrogen (secondary N) is 2. The monoisotopic (exact) mass is 517 g/mol. The van der Waals surface area contributed by atoms with Gasteiger partial charge in [-0.2, -0.15) is 13.2 Å². The third-order valence-electron chi connectivity index (χ3n) is 7.62. The van der Waals surface area contributed by atoms with Gasteiger partial charge in [-0.3, -0.25) is 4.79 Å². The molecule has 2 N–H and O–H groups in total. The van der Waals surface area contributed by atoms with Crippen LogP contribution in [0.2, 0.25) is 0 Å². The molecular formula is C30H26F3N3O2. The van der Waals surface area contributed by atoms with Crippen LogP contribution in [0.25, 0.3) is 17.1 Å². The van der Waals surface area contributed by atoms with E-state index in [1.807, 2.05) is 36.5 Å². The second-order valence-electron chi connectivity index (χ2n) is 10.1. The Hall–Kier alpha value is -4.07. The van der Waals surface area contributed by atoms with Crippen LogP contribution < -0.4 is 10.1 Å². The van der Waals surface area contributed by atoms with Crippen LogP contribution in [0.15, 0.2) is 78.6 Å². The number of alkyl halides is 3. The third kappa shape index (κ3) is 5.03. The summed E-state index contributed by atoms with van der Waals surface area (Å²) in [7, 11) is 0. The number of nitrogens with zero attached hydrogens (tertiary/aromatic N) is 1. The summed E-state index contributed by atoms with van der Waals surface area (Å²) < 4.78 is 44.3. The number of aromatic amines is 1. The second kappa shape index (κ2) is 9.67. The van der Waals surface area contributed by atoms with Crippen molar-refractivity contribution in [2.24, 2.45) is 11.8 Å². The Labute approximate surface area is 217 Å². The van der Waals surface area contributed by atoms with Crippen molar-refractivity contribution < 1.29 is 22.7 Å². The van der Waals surface area contributed by atoms with E-state index in [-0.39, 0.29) is 11.9 Å². The molecule has 2 heterocycles. The molecule has 3 atom stereocenters. The Morgan fingerprint density at radius 1 is 1.05 bits per heavy atom. The topological polar surface area (TPSA) is 67.0 Å². The van der Waals surface area contributed by atoms with Crippen molar-refractivity contribution in [2.75, 3.05) is 0 Å². The molecule has 3 unspecified atom stereocenters. The molecule has 38 heavy (non-hydrogen) atoms. The SMILES string of the molecule is O=C(NC1CC2CCC1CC2=Cc1cccc(Oc2ccc(C(F)(F)F)cc2)c1)c1cnc2[nH]ccc2c1. The number of ether oxygens (including phenoxy) is 1. The number of halogens is 3. The number of fused-ring (bicyclic) bond motifs is 4. The lowest BCUT2D eigenvalue weighted by atomic mass is 9.65. The lowest BCUT2D eigenvalue weighted by Crippen LogP contribution is -2.47. The first-order valence-electron chi connectivity index (χ1n) is 12.7. The molecule has 8 heteroatoms. The fourth-order valence-electron chi connectivity index (χ4n) is 5.68. The van der Waals surface area contributed by atoms with Crippen LogP contribution >= 0.6 is 0 Å². The summed E-state index contributed by atoms with van der Waals surface area (Å²) in [5, 5.41) is 4.17. The summed E-state index contributed by atoms with van der Waals surface area (Å²) in [4.78, 5) is 20.3. The van der Waals surface area contributed by atoms with Gasteiger partial charge in [0.1, 0.15) is 17.1 Å². The largest absolute Gasteiger partial charge is 0.457 e. The molecule has 4 aromatic rings. The Morgan fingerprint density at radius 2 is 1.89 bits per heavy atom. The van der Waals surface area contributed by atoms with E-state index >= 15 is 0 Å². The number of hydrogen-bond acceptors (Lipinski definition) is 3. The smallest absolute Gasteiger partial charge is 0.416 e. The first-order chi connectivity index (χ1) is 18.3. The van der Waals surface area contributed by atoms with Gasteiger partial charge in [-0.05, 0) is 91.6 Å². The van der Waals surface area contributed by atoms with E-state index in [1.54, 1.807) is 12.3 Å². The maximum Gasteiger partial charge on any atom is 0.416 e. The van der Waals surface area contributed by atoms with E-state index in [0.29, 0.717) is 28.9 Å². The fourth-order valence-corrected chi connectivity index (χ4v) is 5.68. The van der Waals surface area contributed by atoms with Gasteiger partial charge in [-0.1, -0.05) is 23.8 Å². The van der Waals surface area contributed by atoms with E-state index in [1.165, 1.54) is 17.7 Å². The van der Waals surface area contributed by atoms with Crippen molar-refractivity contribution in [3.05, 3.63) is 95.3 Å². The molecule has 5 nitrogen and oxygen atoms in total. The average molecular weight is 518 g/mol. The van der Waals surface area contributed by atoms with Gasteiger partial charge in [0.15, 0.2) is 0 Å². The molecule has 2 aromatic carbocycles. The molecule has 0 aliphatic heterocycles. The number of hydrogen-bond donors (Lipinski definition) is 2. The standard InChI is InChI=1S/C30H26F3N3O2/c31-30(32,33)24-6-8-25(9-7-24)38-26-3-1-2-18(13-26)12-22-14-20-5-4-19(22)16-27(20)36-29(37)23-15-21-10-11-34-28(21)35-17-23/h1-3,6-13,15,17,19-20,27H,4-5,14,16H2,(H,34,35)(H,36,37). The van der Waals surface area contributed by atoms with Crippen LogP contribution in [0.5, 0.6) is 11.5 Å². The van der Waals surface area contributed by atoms with Crippen LogP contribution in [-0.4, -0.2) is 21.9 Å². The minimum atomic E-state index is -4.38. The van der Waals surface area contributed by atoms with E-state index in [2.05, 4.69) is 21.4 Å². The molecular weight excluding hydrogens is 491 g/mol. The van der Waals surface area contributed by atoms with Crippen molar-refractivity contribution in [3.8, 4) is 11.5 Å². The summed E-state index contributed by atoms with van der Waals surface area (Å²) >= 11 is 0. The number of allylic oxidation sites excluding steroid dienone is 1. The highest BCUT2D eigenvalue weighted by Crippen LogP contribution is 2.45. The van der Waals surface area contributed by atoms with Crippen molar-refractivity contribution in [1.29, 1.82) is 0 Å². The fraction of sp³-hybridized carbons (Fsp3) is 0.267. The predicted octanol–water partition coefficient (Wildman–Crippen LogP) is 7.38. The first-order valence-corrected chi connectivity index (χ1v) is 12.7. The van der Waals surface area contributed by atoms with Crippen molar-refractivity contribution in [1.82, 2.24) is 15.3 Å². The molecule has 2 aromatic heterocycles. The molecule has 3 aliphatic rings. The number of pyridine rings is 1. The summed E-state index contributed by atoms with van der Waals surface area (Å²) in [6.07, 6.45) is 5.25. The first kappa shape index (κ1) is 24.3. The Bertz CT molecular complexity index is 1510. The van der Waals surface area contributed by atoms with Gasteiger partial charge in [-0.25, -0.2) is 4.98 Å². The normalized spacial score (nSPS) is 22.1. The molecule has 3 aliphatic carbocycles. The second-order valence-corrected chi connectivity index (χ2v) is 10.1. The molecule has 194 valence electrons. The summed E-state index contributed by atoms with van der Waals surface area (Å²) in [5.41, 5.74) is 2.99. The minimum absolute atomic E-state index is 0.0863. The number of benzene rings is 2. The Balaban J connectivity index is 1.11. The van der Waals surface area contributed by atoms with Gasteiger partial charge < -0.3 is 15.0 Å². The maximum absolute atomic E-state index is 12.9. The number of carbonyl (C=O) groups excluding carboxylic acids is 1. The van der Waals surface area contributed by atoms with Crippen molar-refractivity contribution >= 4 is 23.0 Å². The molecule has 2 bridgehead atoms. The van der Waals surface area contributed by atoms with Crippen LogP contribution in [-0.2, 0) is 6.18 Å². The summed E-state index contributed by atoms with van der Waals surface area (Å²) in [6, 6.07) is 16.2. The van der Waals surface area contributed by atoms with Gasteiger partial charge in [0.2, 0.25) is 0 Å². The zero-order chi connectivity index (χ0) is 26.3. The van der Waals surface area contributed by atoms with E-state index in [0.717, 1.165) is 54.4 Å². The van der Waals surface area contributed by atoms with Crippen LogP contribution in [0.4, 0.5) is 13.2 Å². The van der Waals surface area contributed by atoms with E-state index in [9.17, 15) is 18.0 Å². The lowest BCUT2D eigenvalue weighted by molar-refractivity contribution is -0.137. The zero-order valence-corrected chi connectivity index (χ0v) is 20.5. The Kier molecular flexibility index (Phi) is 6.18. The highest BCUT2D eigenvalue weighted by molar-refractivity contribution is 5.97. The van der Waals surface area contributed by atoms with E-state index in [4.69, 9.17) is 4.74 Å². The molecule has 0 saturated heterocycles. The van der Waals surface area contributed by atoms with Gasteiger partial charge in [-0.15, -0.1) is 0 Å². The van der Waals surface area contributed by atoms with Gasteiger partial charge in [0.25, 0.3) is 5.91 Å². The minimum Gasteiger partial charge on any atom is -0.457 e. The molecule has 0 spiro atoms. The summed E-state index contributed by atoms with van der Waals surface area (Å²) in [6.45, 7) is 0. The molecule has 1 amide bonds. The maximum atomic E-state index is 12.9. The van der Waals surface area contributed by atoms with Crippen LogP contribution in [0.3, 0.4) is 0 Å². The average Bonchev–Trinajstić information content (AvgIpc) is 3.38.